The van der Waals surface area contributed by atoms with Crippen LogP contribution in [0.5, 0.6) is 0 Å². The molecule has 1 saturated heterocycles. The highest BCUT2D eigenvalue weighted by Gasteiger charge is 2.54. The van der Waals surface area contributed by atoms with Gasteiger partial charge in [-0.1, -0.05) is 30.3 Å². The molecule has 1 fully saturated rings. The molecule has 4 N–H and O–H groups in total. The Balaban J connectivity index is 1.51. The van der Waals surface area contributed by atoms with Crippen molar-refractivity contribution >= 4 is 41.3 Å². The lowest BCUT2D eigenvalue weighted by Gasteiger charge is -2.49. The number of aliphatic carboxylic acids is 1. The van der Waals surface area contributed by atoms with Gasteiger partial charge in [-0.3, -0.25) is 14.5 Å². The van der Waals surface area contributed by atoms with E-state index in [2.05, 4.69) is 20.8 Å². The van der Waals surface area contributed by atoms with E-state index in [4.69, 9.17) is 5.73 Å². The van der Waals surface area contributed by atoms with Gasteiger partial charge in [0.2, 0.25) is 11.1 Å². The summed E-state index contributed by atoms with van der Waals surface area (Å²) in [7, 11) is 1.64. The van der Waals surface area contributed by atoms with Crippen molar-refractivity contribution < 1.29 is 19.5 Å². The minimum Gasteiger partial charge on any atom is -0.477 e. The maximum absolute atomic E-state index is 12.7. The van der Waals surface area contributed by atoms with E-state index in [0.29, 0.717) is 21.4 Å². The molecule has 0 radical (unpaired) electrons. The van der Waals surface area contributed by atoms with Gasteiger partial charge in [0.1, 0.15) is 23.2 Å². The average Bonchev–Trinajstić information content (AvgIpc) is 3.15. The van der Waals surface area contributed by atoms with Crippen molar-refractivity contribution in [2.45, 2.75) is 22.6 Å². The number of hydrogen-bond acceptors (Lipinski definition) is 9. The van der Waals surface area contributed by atoms with Crippen LogP contribution in [0.1, 0.15) is 11.6 Å². The number of aromatic nitrogens is 4. The molecule has 4 rings (SSSR count). The van der Waals surface area contributed by atoms with E-state index >= 15 is 0 Å². The van der Waals surface area contributed by atoms with E-state index in [9.17, 15) is 19.5 Å². The molecule has 2 aromatic rings. The first-order valence-electron chi connectivity index (χ1n) is 8.80. The van der Waals surface area contributed by atoms with E-state index in [1.54, 1.807) is 31.3 Å². The Labute approximate surface area is 179 Å². The smallest absolute Gasteiger partial charge is 0.353 e. The molecule has 3 heterocycles. The number of carboxylic acid groups (broad SMARTS) is 1. The van der Waals surface area contributed by atoms with Crippen LogP contribution in [-0.4, -0.2) is 65.2 Å². The third kappa shape index (κ3) is 3.55. The number of carboxylic acids is 1. The molecule has 0 unspecified atom stereocenters. The molecule has 2 aliphatic heterocycles. The Bertz CT molecular complexity index is 1040. The quantitative estimate of drug-likeness (QED) is 0.502. The lowest BCUT2D eigenvalue weighted by atomic mass is 10.0. The lowest BCUT2D eigenvalue weighted by Crippen LogP contribution is -2.71. The van der Waals surface area contributed by atoms with E-state index in [1.807, 2.05) is 6.07 Å². The van der Waals surface area contributed by atoms with E-state index in [1.165, 1.54) is 21.3 Å². The van der Waals surface area contributed by atoms with Gasteiger partial charge >= 0.3 is 5.97 Å². The Morgan fingerprint density at radius 1 is 1.37 bits per heavy atom. The number of nitrogens with one attached hydrogen (secondary N) is 1. The van der Waals surface area contributed by atoms with Gasteiger partial charge in [-0.15, -0.1) is 16.9 Å². The van der Waals surface area contributed by atoms with Gasteiger partial charge in [0.15, 0.2) is 0 Å². The molecule has 2 aliphatic rings. The summed E-state index contributed by atoms with van der Waals surface area (Å²) in [6.07, 6.45) is 0. The van der Waals surface area contributed by atoms with Crippen LogP contribution in [0, 0.1) is 0 Å². The van der Waals surface area contributed by atoms with Crippen molar-refractivity contribution in [2.24, 2.45) is 12.8 Å². The molecule has 0 aliphatic carbocycles. The van der Waals surface area contributed by atoms with Gasteiger partial charge < -0.3 is 16.2 Å². The van der Waals surface area contributed by atoms with Crippen molar-refractivity contribution in [3.63, 3.8) is 0 Å². The predicted molar refractivity (Wildman–Crippen MR) is 108 cm³/mol. The van der Waals surface area contributed by atoms with Crippen molar-refractivity contribution in [2.75, 3.05) is 5.75 Å². The number of carbonyl (C=O) groups is 3. The maximum Gasteiger partial charge on any atom is 0.353 e. The number of rotatable bonds is 6. The van der Waals surface area contributed by atoms with Crippen molar-refractivity contribution in [3.8, 4) is 0 Å². The molecule has 30 heavy (non-hydrogen) atoms. The number of nitrogens with two attached hydrogens (primary N) is 1. The zero-order chi connectivity index (χ0) is 21.4. The molecular weight excluding hydrogens is 430 g/mol. The Morgan fingerprint density at radius 2 is 2.10 bits per heavy atom. The number of fused-ring (bicyclic) bond motifs is 1. The minimum atomic E-state index is -1.22. The van der Waals surface area contributed by atoms with Crippen molar-refractivity contribution in [3.05, 3.63) is 46.5 Å². The van der Waals surface area contributed by atoms with Crippen molar-refractivity contribution in [1.82, 2.24) is 30.4 Å². The van der Waals surface area contributed by atoms with Crippen LogP contribution in [0.2, 0.25) is 0 Å². The fraction of sp³-hybridized carbons (Fsp3) is 0.294. The van der Waals surface area contributed by atoms with Gasteiger partial charge in [0.25, 0.3) is 5.91 Å². The normalized spacial score (nSPS) is 21.7. The molecular formula is C17H17N7O4S2. The number of carbonyl (C=O) groups excluding carboxylic acids is 2. The van der Waals surface area contributed by atoms with E-state index in [0.717, 1.165) is 11.8 Å². The fourth-order valence-corrected chi connectivity index (χ4v) is 5.52. The van der Waals surface area contributed by atoms with Crippen LogP contribution >= 0.6 is 23.5 Å². The highest BCUT2D eigenvalue weighted by molar-refractivity contribution is 8.06. The van der Waals surface area contributed by atoms with Gasteiger partial charge in [0.05, 0.1) is 0 Å². The molecule has 156 valence electrons. The minimum absolute atomic E-state index is 0.116. The van der Waals surface area contributed by atoms with Crippen LogP contribution in [-0.2, 0) is 21.4 Å². The van der Waals surface area contributed by atoms with Crippen molar-refractivity contribution in [1.29, 1.82) is 0 Å². The Kier molecular flexibility index (Phi) is 5.49. The summed E-state index contributed by atoms with van der Waals surface area (Å²) in [6.45, 7) is 0. The molecule has 0 bridgehead atoms. The first-order valence-corrected chi connectivity index (χ1v) is 10.7. The zero-order valence-electron chi connectivity index (χ0n) is 15.6. The lowest BCUT2D eigenvalue weighted by molar-refractivity contribution is -0.150. The topological polar surface area (TPSA) is 156 Å². The summed E-state index contributed by atoms with van der Waals surface area (Å²) in [5.41, 5.74) is 6.50. The van der Waals surface area contributed by atoms with Gasteiger partial charge in [-0.25, -0.2) is 9.48 Å². The third-order valence-electron chi connectivity index (χ3n) is 4.67. The van der Waals surface area contributed by atoms with E-state index < -0.39 is 35.2 Å². The van der Waals surface area contributed by atoms with Crippen LogP contribution in [0.25, 0.3) is 0 Å². The second kappa shape index (κ2) is 8.08. The summed E-state index contributed by atoms with van der Waals surface area (Å²) < 4.78 is 1.42. The third-order valence-corrected chi connectivity index (χ3v) is 7.25. The Hall–Kier alpha value is -2.90. The molecule has 3 atom stereocenters. The monoisotopic (exact) mass is 447 g/mol. The van der Waals surface area contributed by atoms with Gasteiger partial charge in [0, 0.05) is 17.7 Å². The molecule has 11 nitrogen and oxygen atoms in total. The number of hydrogen-bond donors (Lipinski definition) is 3. The summed E-state index contributed by atoms with van der Waals surface area (Å²) in [4.78, 5) is 38.8. The summed E-state index contributed by atoms with van der Waals surface area (Å²) in [5.74, 6) is -1.87. The van der Waals surface area contributed by atoms with Crippen LogP contribution < -0.4 is 11.1 Å². The fourth-order valence-electron chi connectivity index (χ4n) is 3.14. The zero-order valence-corrected chi connectivity index (χ0v) is 17.3. The first-order chi connectivity index (χ1) is 14.4. The molecule has 0 spiro atoms. The standard InChI is InChI=1S/C17H17N7O4S2/c1-23-17(20-21-22-23)30-9-7-29-15-11(14(26)24(15)12(9)16(27)28)19-13(25)10(18)8-5-3-2-4-6-8/h2-6,10-11,15H,7,18H2,1H3,(H,19,25)(H,27,28)/t10-,11+,15-/m0/s1. The predicted octanol–water partition coefficient (Wildman–Crippen LogP) is -0.302. The van der Waals surface area contributed by atoms with Crippen LogP contribution in [0.4, 0.5) is 0 Å². The number of benzene rings is 1. The highest BCUT2D eigenvalue weighted by atomic mass is 32.2. The van der Waals surface area contributed by atoms with Gasteiger partial charge in [-0.2, -0.15) is 0 Å². The van der Waals surface area contributed by atoms with Crippen LogP contribution in [0.15, 0.2) is 46.1 Å². The number of nitrogens with zero attached hydrogens (tertiary/aromatic N) is 5. The Morgan fingerprint density at radius 3 is 2.73 bits per heavy atom. The second-order valence-electron chi connectivity index (χ2n) is 6.55. The van der Waals surface area contributed by atoms with E-state index in [-0.39, 0.29) is 5.70 Å². The first kappa shape index (κ1) is 20.4. The van der Waals surface area contributed by atoms with Crippen LogP contribution in [0.3, 0.4) is 0 Å². The largest absolute Gasteiger partial charge is 0.477 e. The highest BCUT2D eigenvalue weighted by Crippen LogP contribution is 2.44. The molecule has 13 heteroatoms. The number of aryl methyl sites for hydroxylation is 1. The second-order valence-corrected chi connectivity index (χ2v) is 8.72. The summed E-state index contributed by atoms with van der Waals surface area (Å²) in [5, 5.41) is 23.4. The number of thioether (sulfide) groups is 2. The average molecular weight is 448 g/mol. The summed E-state index contributed by atoms with van der Waals surface area (Å²) in [6, 6.07) is 7.04. The number of tetrazole rings is 1. The number of β-lactam (4-membered cyclic amide) rings is 1. The SMILES string of the molecule is Cn1nnnc1SC1=C(C(=O)O)N2C(=O)[C@@H](NC(=O)[C@@H](N)c3ccccc3)[C@@H]2SC1. The molecule has 2 amide bonds. The molecule has 0 saturated carbocycles. The van der Waals surface area contributed by atoms with Gasteiger partial charge in [-0.05, 0) is 27.8 Å². The number of amides is 2. The molecule has 1 aromatic heterocycles. The summed E-state index contributed by atoms with van der Waals surface area (Å²) >= 11 is 2.46. The maximum atomic E-state index is 12.7. The molecule has 1 aromatic carbocycles.